The van der Waals surface area contributed by atoms with Crippen molar-refractivity contribution in [2.45, 2.75) is 6.54 Å². The number of nitrogens with one attached hydrogen (secondary N) is 1. The van der Waals surface area contributed by atoms with Crippen LogP contribution in [0.4, 0.5) is 5.82 Å². The summed E-state index contributed by atoms with van der Waals surface area (Å²) >= 11 is 1.56. The molecule has 0 spiro atoms. The molecule has 0 fully saturated rings. The molecule has 0 saturated carbocycles. The predicted molar refractivity (Wildman–Crippen MR) is 103 cm³/mol. The van der Waals surface area contributed by atoms with Gasteiger partial charge in [-0.15, -0.1) is 11.3 Å². The molecule has 4 rings (SSSR count). The van der Waals surface area contributed by atoms with Crippen LogP contribution in [0.5, 0.6) is 0 Å². The highest BCUT2D eigenvalue weighted by Gasteiger charge is 2.11. The summed E-state index contributed by atoms with van der Waals surface area (Å²) in [4.78, 5) is 25.8. The molecule has 1 amide bonds. The van der Waals surface area contributed by atoms with Crippen LogP contribution in [-0.4, -0.2) is 20.9 Å². The first-order valence-corrected chi connectivity index (χ1v) is 8.88. The van der Waals surface area contributed by atoms with Crippen LogP contribution in [0, 0.1) is 0 Å². The van der Waals surface area contributed by atoms with Gasteiger partial charge in [0.1, 0.15) is 16.3 Å². The molecule has 0 aliphatic carbocycles. The van der Waals surface area contributed by atoms with Gasteiger partial charge in [0.2, 0.25) is 5.91 Å². The van der Waals surface area contributed by atoms with Crippen LogP contribution in [0.3, 0.4) is 0 Å². The highest BCUT2D eigenvalue weighted by molar-refractivity contribution is 7.16. The molecule has 1 aromatic carbocycles. The van der Waals surface area contributed by atoms with Gasteiger partial charge >= 0.3 is 0 Å². The number of fused-ring (bicyclic) bond motifs is 1. The van der Waals surface area contributed by atoms with E-state index >= 15 is 0 Å². The second-order valence-electron chi connectivity index (χ2n) is 5.67. The quantitative estimate of drug-likeness (QED) is 0.568. The Labute approximate surface area is 153 Å². The summed E-state index contributed by atoms with van der Waals surface area (Å²) < 4.78 is 0. The first-order chi connectivity index (χ1) is 12.7. The standard InChI is InChI=1S/C19H15N5OS/c20-16(25)13-5-3-4-12(10-13)11-22-17-14-7-9-26-19(14)24-18(23-17)15-6-1-2-8-21-15/h1-10H,11H2,(H2,20,25)(H,22,23,24). The van der Waals surface area contributed by atoms with Gasteiger partial charge in [0.25, 0.3) is 0 Å². The number of benzene rings is 1. The molecule has 0 atom stereocenters. The molecule has 3 heterocycles. The lowest BCUT2D eigenvalue weighted by atomic mass is 10.1. The number of aromatic nitrogens is 3. The van der Waals surface area contributed by atoms with Gasteiger partial charge in [-0.05, 0) is 41.3 Å². The van der Waals surface area contributed by atoms with Crippen molar-refractivity contribution in [3.63, 3.8) is 0 Å². The number of hydrogen-bond acceptors (Lipinski definition) is 6. The fourth-order valence-corrected chi connectivity index (χ4v) is 3.38. The fraction of sp³-hybridized carbons (Fsp3) is 0.0526. The monoisotopic (exact) mass is 361 g/mol. The van der Waals surface area contributed by atoms with Gasteiger partial charge in [0.15, 0.2) is 5.82 Å². The number of amides is 1. The summed E-state index contributed by atoms with van der Waals surface area (Å²) in [7, 11) is 0. The van der Waals surface area contributed by atoms with Gasteiger partial charge in [-0.25, -0.2) is 9.97 Å². The van der Waals surface area contributed by atoms with Gasteiger partial charge in [-0.1, -0.05) is 18.2 Å². The minimum absolute atomic E-state index is 0.438. The van der Waals surface area contributed by atoms with Crippen molar-refractivity contribution >= 4 is 33.3 Å². The zero-order valence-electron chi connectivity index (χ0n) is 13.7. The summed E-state index contributed by atoms with van der Waals surface area (Å²) in [6, 6.07) is 14.9. The third-order valence-corrected chi connectivity index (χ3v) is 4.70. The maximum Gasteiger partial charge on any atom is 0.248 e. The number of nitrogens with zero attached hydrogens (tertiary/aromatic N) is 3. The van der Waals surface area contributed by atoms with Gasteiger partial charge in [-0.3, -0.25) is 9.78 Å². The lowest BCUT2D eigenvalue weighted by molar-refractivity contribution is 0.1000. The Balaban J connectivity index is 1.67. The first-order valence-electron chi connectivity index (χ1n) is 8.00. The van der Waals surface area contributed by atoms with Crippen LogP contribution in [0.2, 0.25) is 0 Å². The summed E-state index contributed by atoms with van der Waals surface area (Å²) in [6.45, 7) is 0.519. The second kappa shape index (κ2) is 6.89. The first kappa shape index (κ1) is 16.2. The number of pyridine rings is 1. The lowest BCUT2D eigenvalue weighted by Crippen LogP contribution is -2.11. The van der Waals surface area contributed by atoms with E-state index in [-0.39, 0.29) is 0 Å². The Morgan fingerprint density at radius 1 is 1.12 bits per heavy atom. The topological polar surface area (TPSA) is 93.8 Å². The summed E-state index contributed by atoms with van der Waals surface area (Å²) in [5.74, 6) is 0.877. The average molecular weight is 361 g/mol. The van der Waals surface area contributed by atoms with Gasteiger partial charge < -0.3 is 11.1 Å². The van der Waals surface area contributed by atoms with Crippen molar-refractivity contribution in [3.05, 3.63) is 71.2 Å². The molecule has 4 aromatic rings. The largest absolute Gasteiger partial charge is 0.366 e. The van der Waals surface area contributed by atoms with Gasteiger partial charge in [0, 0.05) is 18.3 Å². The molecule has 7 heteroatoms. The van der Waals surface area contributed by atoms with E-state index in [1.807, 2.05) is 41.8 Å². The SMILES string of the molecule is NC(=O)c1cccc(CNc2nc(-c3ccccn3)nc3sccc23)c1. The number of anilines is 1. The van der Waals surface area contributed by atoms with Gasteiger partial charge in [-0.2, -0.15) is 0 Å². The van der Waals surface area contributed by atoms with Gasteiger partial charge in [0.05, 0.1) is 5.39 Å². The van der Waals surface area contributed by atoms with Crippen molar-refractivity contribution in [2.75, 3.05) is 5.32 Å². The number of nitrogens with two attached hydrogens (primary N) is 1. The zero-order valence-corrected chi connectivity index (χ0v) is 14.5. The molecule has 0 aliphatic heterocycles. The maximum atomic E-state index is 11.3. The number of carbonyl (C=O) groups excluding carboxylic acids is 1. The Hall–Kier alpha value is -3.32. The highest BCUT2D eigenvalue weighted by Crippen LogP contribution is 2.28. The summed E-state index contributed by atoms with van der Waals surface area (Å²) in [5, 5.41) is 6.29. The minimum atomic E-state index is -0.438. The van der Waals surface area contributed by atoms with Crippen molar-refractivity contribution < 1.29 is 4.79 Å². The van der Waals surface area contributed by atoms with Crippen molar-refractivity contribution in [1.29, 1.82) is 0 Å². The van der Waals surface area contributed by atoms with Crippen LogP contribution in [0.15, 0.2) is 60.1 Å². The third-order valence-electron chi connectivity index (χ3n) is 3.89. The summed E-state index contributed by atoms with van der Waals surface area (Å²) in [6.07, 6.45) is 1.72. The normalized spacial score (nSPS) is 10.8. The smallest absolute Gasteiger partial charge is 0.248 e. The van der Waals surface area contributed by atoms with E-state index in [1.54, 1.807) is 29.7 Å². The molecule has 0 bridgehead atoms. The number of primary amides is 1. The van der Waals surface area contributed by atoms with E-state index in [9.17, 15) is 4.79 Å². The maximum absolute atomic E-state index is 11.3. The Morgan fingerprint density at radius 3 is 2.85 bits per heavy atom. The van der Waals surface area contributed by atoms with Crippen LogP contribution in [0.1, 0.15) is 15.9 Å². The van der Waals surface area contributed by atoms with Crippen LogP contribution in [-0.2, 0) is 6.54 Å². The number of carbonyl (C=O) groups is 1. The van der Waals surface area contributed by atoms with Crippen molar-refractivity contribution in [2.24, 2.45) is 5.73 Å². The average Bonchev–Trinajstić information content (AvgIpc) is 3.16. The molecule has 0 radical (unpaired) electrons. The van der Waals surface area contributed by atoms with Crippen LogP contribution >= 0.6 is 11.3 Å². The lowest BCUT2D eigenvalue weighted by Gasteiger charge is -2.09. The molecule has 0 aliphatic rings. The fourth-order valence-electron chi connectivity index (χ4n) is 2.62. The van der Waals surface area contributed by atoms with E-state index < -0.39 is 5.91 Å². The Morgan fingerprint density at radius 2 is 2.04 bits per heavy atom. The predicted octanol–water partition coefficient (Wildman–Crippen LogP) is 3.46. The molecule has 128 valence electrons. The number of rotatable bonds is 5. The molecule has 26 heavy (non-hydrogen) atoms. The Kier molecular flexibility index (Phi) is 4.28. The van der Waals surface area contributed by atoms with E-state index in [1.165, 1.54) is 0 Å². The third kappa shape index (κ3) is 3.25. The number of hydrogen-bond donors (Lipinski definition) is 2. The van der Waals surface area contributed by atoms with E-state index in [0.29, 0.717) is 17.9 Å². The van der Waals surface area contributed by atoms with Crippen LogP contribution < -0.4 is 11.1 Å². The molecule has 0 saturated heterocycles. The van der Waals surface area contributed by atoms with E-state index in [2.05, 4.69) is 20.3 Å². The second-order valence-corrected chi connectivity index (χ2v) is 6.56. The minimum Gasteiger partial charge on any atom is -0.366 e. The van der Waals surface area contributed by atoms with E-state index in [0.717, 1.165) is 27.3 Å². The molecular formula is C19H15N5OS. The van der Waals surface area contributed by atoms with E-state index in [4.69, 9.17) is 5.73 Å². The van der Waals surface area contributed by atoms with Crippen molar-refractivity contribution in [3.8, 4) is 11.5 Å². The Bertz CT molecular complexity index is 1080. The summed E-state index contributed by atoms with van der Waals surface area (Å²) in [5.41, 5.74) is 7.51. The molecule has 6 nitrogen and oxygen atoms in total. The van der Waals surface area contributed by atoms with Crippen LogP contribution in [0.25, 0.3) is 21.7 Å². The van der Waals surface area contributed by atoms with Crippen molar-refractivity contribution in [1.82, 2.24) is 15.0 Å². The molecular weight excluding hydrogens is 346 g/mol. The molecule has 0 unspecified atom stereocenters. The number of thiophene rings is 1. The zero-order chi connectivity index (χ0) is 17.9. The highest BCUT2D eigenvalue weighted by atomic mass is 32.1. The molecule has 3 N–H and O–H groups in total. The molecule has 3 aromatic heterocycles.